The summed E-state index contributed by atoms with van der Waals surface area (Å²) in [5.41, 5.74) is 1.25. The molecule has 0 spiro atoms. The van der Waals surface area contributed by atoms with Crippen molar-refractivity contribution >= 4 is 15.7 Å². The molecule has 2 heterocycles. The molecule has 0 unspecified atom stereocenters. The van der Waals surface area contributed by atoms with Crippen LogP contribution in [0.1, 0.15) is 27.2 Å². The summed E-state index contributed by atoms with van der Waals surface area (Å²) in [6.45, 7) is 3.60. The number of sulfone groups is 1. The Morgan fingerprint density at radius 1 is 1.20 bits per heavy atom. The predicted molar refractivity (Wildman–Crippen MR) is 92.2 cm³/mol. The summed E-state index contributed by atoms with van der Waals surface area (Å²) in [5, 5.41) is 4.08. The van der Waals surface area contributed by atoms with Gasteiger partial charge in [-0.3, -0.25) is 9.59 Å². The third kappa shape index (κ3) is 2.97. The molecule has 7 nitrogen and oxygen atoms in total. The van der Waals surface area contributed by atoms with E-state index >= 15 is 0 Å². The molecule has 0 radical (unpaired) electrons. The van der Waals surface area contributed by atoms with Crippen LogP contribution in [0.25, 0.3) is 0 Å². The fraction of sp³-hybridized carbons (Fsp3) is 0.353. The fourth-order valence-corrected chi connectivity index (χ4v) is 4.49. The van der Waals surface area contributed by atoms with Crippen molar-refractivity contribution in [1.82, 2.24) is 14.7 Å². The summed E-state index contributed by atoms with van der Waals surface area (Å²) in [5.74, 6) is -0.630. The number of carbonyl (C=O) groups is 1. The van der Waals surface area contributed by atoms with Crippen molar-refractivity contribution < 1.29 is 13.2 Å². The Hall–Kier alpha value is -2.48. The van der Waals surface area contributed by atoms with Gasteiger partial charge in [-0.25, -0.2) is 13.1 Å². The number of aryl methyl sites for hydroxylation is 2. The van der Waals surface area contributed by atoms with E-state index in [0.717, 1.165) is 4.68 Å². The number of carbonyl (C=O) groups excluding carboxylic acids is 1. The summed E-state index contributed by atoms with van der Waals surface area (Å²) in [4.78, 5) is 27.1. The van der Waals surface area contributed by atoms with Gasteiger partial charge in [0.25, 0.3) is 11.5 Å². The minimum atomic E-state index is -3.45. The Balaban J connectivity index is 2.08. The van der Waals surface area contributed by atoms with Crippen LogP contribution in [-0.2, 0) is 23.4 Å². The van der Waals surface area contributed by atoms with Gasteiger partial charge in [0, 0.05) is 20.1 Å². The van der Waals surface area contributed by atoms with Crippen LogP contribution in [0.4, 0.5) is 0 Å². The Bertz CT molecular complexity index is 1020. The first-order valence-corrected chi connectivity index (χ1v) is 9.52. The van der Waals surface area contributed by atoms with E-state index in [1.807, 2.05) is 0 Å². The summed E-state index contributed by atoms with van der Waals surface area (Å²) in [6.07, 6.45) is 0. The van der Waals surface area contributed by atoms with Crippen LogP contribution in [0.5, 0.6) is 0 Å². The SMILES string of the molecule is Cc1nn(C)c(=O)c(C(=O)N2CCS(=O)(=O)c3ccccc3C2)c1C. The van der Waals surface area contributed by atoms with Crippen molar-refractivity contribution in [1.29, 1.82) is 0 Å². The second-order valence-electron chi connectivity index (χ2n) is 6.17. The number of rotatable bonds is 1. The molecule has 0 atom stereocenters. The number of amides is 1. The van der Waals surface area contributed by atoms with Gasteiger partial charge in [0.05, 0.1) is 16.3 Å². The van der Waals surface area contributed by atoms with Crippen molar-refractivity contribution in [3.63, 3.8) is 0 Å². The Labute approximate surface area is 145 Å². The highest BCUT2D eigenvalue weighted by atomic mass is 32.2. The first-order valence-electron chi connectivity index (χ1n) is 7.87. The molecule has 25 heavy (non-hydrogen) atoms. The normalized spacial score (nSPS) is 16.2. The summed E-state index contributed by atoms with van der Waals surface area (Å²) >= 11 is 0. The molecule has 132 valence electrons. The maximum atomic E-state index is 13.0. The monoisotopic (exact) mass is 361 g/mol. The lowest BCUT2D eigenvalue weighted by molar-refractivity contribution is 0.0750. The minimum absolute atomic E-state index is 0.0415. The molecular weight excluding hydrogens is 342 g/mol. The van der Waals surface area contributed by atoms with Crippen LogP contribution in [0.2, 0.25) is 0 Å². The van der Waals surface area contributed by atoms with E-state index in [-0.39, 0.29) is 29.3 Å². The van der Waals surface area contributed by atoms with Crippen LogP contribution in [0.3, 0.4) is 0 Å². The second-order valence-corrected chi connectivity index (χ2v) is 8.25. The van der Waals surface area contributed by atoms with Crippen LogP contribution in [0, 0.1) is 13.8 Å². The van der Waals surface area contributed by atoms with Gasteiger partial charge in [-0.15, -0.1) is 0 Å². The van der Waals surface area contributed by atoms with Crippen molar-refractivity contribution in [2.75, 3.05) is 12.3 Å². The largest absolute Gasteiger partial charge is 0.333 e. The molecule has 1 aromatic heterocycles. The molecule has 0 saturated carbocycles. The molecule has 1 amide bonds. The Kier molecular flexibility index (Phi) is 4.24. The zero-order chi connectivity index (χ0) is 18.4. The van der Waals surface area contributed by atoms with Gasteiger partial charge in [0.1, 0.15) is 5.56 Å². The van der Waals surface area contributed by atoms with Crippen molar-refractivity contribution in [2.45, 2.75) is 25.3 Å². The summed E-state index contributed by atoms with van der Waals surface area (Å²) < 4.78 is 26.0. The maximum Gasteiger partial charge on any atom is 0.279 e. The molecular formula is C17H19N3O4S. The molecule has 0 bridgehead atoms. The molecule has 0 saturated heterocycles. The average Bonchev–Trinajstić information content (AvgIpc) is 2.70. The summed E-state index contributed by atoms with van der Waals surface area (Å²) in [6, 6.07) is 6.66. The standard InChI is InChI=1S/C17H19N3O4S/c1-11-12(2)18-19(3)16(21)15(11)17(22)20-8-9-25(23,24)14-7-5-4-6-13(14)10-20/h4-7H,8-10H2,1-3H3. The van der Waals surface area contributed by atoms with Gasteiger partial charge in [-0.2, -0.15) is 5.10 Å². The number of fused-ring (bicyclic) bond motifs is 1. The molecule has 1 aromatic carbocycles. The zero-order valence-corrected chi connectivity index (χ0v) is 15.1. The van der Waals surface area contributed by atoms with E-state index in [2.05, 4.69) is 5.10 Å². The number of aromatic nitrogens is 2. The fourth-order valence-electron chi connectivity index (χ4n) is 2.99. The Morgan fingerprint density at radius 3 is 2.60 bits per heavy atom. The van der Waals surface area contributed by atoms with Gasteiger partial charge in [-0.1, -0.05) is 18.2 Å². The van der Waals surface area contributed by atoms with Gasteiger partial charge >= 0.3 is 0 Å². The highest BCUT2D eigenvalue weighted by molar-refractivity contribution is 7.91. The number of benzene rings is 1. The van der Waals surface area contributed by atoms with E-state index in [1.165, 1.54) is 11.9 Å². The third-order valence-corrected chi connectivity index (χ3v) is 6.31. The highest BCUT2D eigenvalue weighted by Crippen LogP contribution is 2.23. The predicted octanol–water partition coefficient (Wildman–Crippen LogP) is 0.827. The molecule has 1 aliphatic rings. The van der Waals surface area contributed by atoms with E-state index in [4.69, 9.17) is 0 Å². The number of hydrogen-bond donors (Lipinski definition) is 0. The Morgan fingerprint density at radius 2 is 1.88 bits per heavy atom. The number of nitrogens with zero attached hydrogens (tertiary/aromatic N) is 3. The van der Waals surface area contributed by atoms with Crippen LogP contribution in [0.15, 0.2) is 34.0 Å². The van der Waals surface area contributed by atoms with Crippen LogP contribution in [-0.4, -0.2) is 41.3 Å². The molecule has 0 aliphatic carbocycles. The summed E-state index contributed by atoms with van der Waals surface area (Å²) in [7, 11) is -1.96. The second kappa shape index (κ2) is 6.11. The lowest BCUT2D eigenvalue weighted by Crippen LogP contribution is -2.39. The number of hydrogen-bond acceptors (Lipinski definition) is 5. The van der Waals surface area contributed by atoms with E-state index in [1.54, 1.807) is 38.1 Å². The minimum Gasteiger partial charge on any atom is -0.333 e. The molecule has 0 fully saturated rings. The van der Waals surface area contributed by atoms with E-state index < -0.39 is 21.3 Å². The van der Waals surface area contributed by atoms with Crippen LogP contribution >= 0.6 is 0 Å². The van der Waals surface area contributed by atoms with Crippen molar-refractivity contribution in [2.24, 2.45) is 7.05 Å². The molecule has 3 rings (SSSR count). The van der Waals surface area contributed by atoms with E-state index in [0.29, 0.717) is 16.8 Å². The lowest BCUT2D eigenvalue weighted by Gasteiger charge is -2.21. The molecule has 2 aromatic rings. The molecule has 1 aliphatic heterocycles. The average molecular weight is 361 g/mol. The van der Waals surface area contributed by atoms with Gasteiger partial charge in [0.15, 0.2) is 9.84 Å². The van der Waals surface area contributed by atoms with Gasteiger partial charge in [0.2, 0.25) is 0 Å². The van der Waals surface area contributed by atoms with Crippen LogP contribution < -0.4 is 5.56 Å². The van der Waals surface area contributed by atoms with E-state index in [9.17, 15) is 18.0 Å². The zero-order valence-electron chi connectivity index (χ0n) is 14.3. The van der Waals surface area contributed by atoms with Gasteiger partial charge < -0.3 is 4.90 Å². The topological polar surface area (TPSA) is 89.3 Å². The maximum absolute atomic E-state index is 13.0. The first-order chi connectivity index (χ1) is 11.7. The molecule has 8 heteroatoms. The first kappa shape index (κ1) is 17.3. The highest BCUT2D eigenvalue weighted by Gasteiger charge is 2.30. The quantitative estimate of drug-likeness (QED) is 0.750. The molecule has 0 N–H and O–H groups in total. The van der Waals surface area contributed by atoms with Gasteiger partial charge in [-0.05, 0) is 31.0 Å². The smallest absolute Gasteiger partial charge is 0.279 e. The third-order valence-electron chi connectivity index (χ3n) is 4.53. The lowest BCUT2D eigenvalue weighted by atomic mass is 10.1. The van der Waals surface area contributed by atoms with Crippen molar-refractivity contribution in [3.05, 3.63) is 57.0 Å². The van der Waals surface area contributed by atoms with Crippen molar-refractivity contribution in [3.8, 4) is 0 Å².